The van der Waals surface area contributed by atoms with Crippen LogP contribution in [-0.4, -0.2) is 0 Å². The smallest absolute Gasteiger partial charge is 0.0795 e. The molecule has 0 N–H and O–H groups in total. The largest absolute Gasteiger partial charge is 0.216 e. The van der Waals surface area contributed by atoms with Gasteiger partial charge in [0.25, 0.3) is 0 Å². The Morgan fingerprint density at radius 1 is 0.889 bits per heavy atom. The van der Waals surface area contributed by atoms with Crippen molar-refractivity contribution < 1.29 is 4.39 Å². The normalized spacial score (nSPS) is 6.78. The molecular formula is C8H9F. The van der Waals surface area contributed by atoms with Crippen molar-refractivity contribution in [2.75, 3.05) is 0 Å². The fraction of sp³-hybridized carbons (Fsp3) is 0. The first-order chi connectivity index (χ1) is 4.41. The van der Waals surface area contributed by atoms with Gasteiger partial charge in [-0.05, 0) is 0 Å². The Morgan fingerprint density at radius 3 is 1.11 bits per heavy atom. The van der Waals surface area contributed by atoms with Crippen molar-refractivity contribution in [3.8, 4) is 0 Å². The van der Waals surface area contributed by atoms with Crippen LogP contribution in [0.5, 0.6) is 0 Å². The van der Waals surface area contributed by atoms with E-state index in [1.165, 1.54) is 0 Å². The van der Waals surface area contributed by atoms with E-state index in [1.54, 1.807) is 0 Å². The van der Waals surface area contributed by atoms with E-state index in [1.807, 2.05) is 36.4 Å². The highest BCUT2D eigenvalue weighted by atomic mass is 19.1. The number of benzene rings is 1. The molecule has 0 amide bonds. The van der Waals surface area contributed by atoms with Crippen molar-refractivity contribution in [1.82, 2.24) is 0 Å². The Labute approximate surface area is 54.6 Å². The molecule has 0 unspecified atom stereocenters. The van der Waals surface area contributed by atoms with Crippen molar-refractivity contribution >= 4 is 0 Å². The SMILES string of the molecule is C=CF.c1ccccc1. The van der Waals surface area contributed by atoms with E-state index < -0.39 is 0 Å². The van der Waals surface area contributed by atoms with E-state index in [0.717, 1.165) is 0 Å². The van der Waals surface area contributed by atoms with Gasteiger partial charge in [-0.2, -0.15) is 0 Å². The summed E-state index contributed by atoms with van der Waals surface area (Å²) in [6.45, 7) is 2.69. The Bertz CT molecular complexity index is 108. The van der Waals surface area contributed by atoms with E-state index in [0.29, 0.717) is 0 Å². The zero-order valence-electron chi connectivity index (χ0n) is 5.13. The molecule has 9 heavy (non-hydrogen) atoms. The minimum absolute atomic E-state index is 0.250. The molecule has 0 spiro atoms. The van der Waals surface area contributed by atoms with Gasteiger partial charge in [-0.25, -0.2) is 4.39 Å². The molecule has 0 aliphatic heterocycles. The molecule has 1 heteroatoms. The monoisotopic (exact) mass is 124 g/mol. The van der Waals surface area contributed by atoms with Gasteiger partial charge in [-0.1, -0.05) is 43.0 Å². The topological polar surface area (TPSA) is 0 Å². The maximum atomic E-state index is 10.1. The van der Waals surface area contributed by atoms with Crippen molar-refractivity contribution in [2.24, 2.45) is 0 Å². The molecule has 0 saturated carbocycles. The first kappa shape index (κ1) is 7.89. The molecule has 0 saturated heterocycles. The maximum absolute atomic E-state index is 10.1. The lowest BCUT2D eigenvalue weighted by Crippen LogP contribution is -1.47. The molecule has 1 aromatic carbocycles. The molecule has 0 atom stereocenters. The van der Waals surface area contributed by atoms with E-state index in [9.17, 15) is 4.39 Å². The van der Waals surface area contributed by atoms with E-state index in [2.05, 4.69) is 6.58 Å². The minimum Gasteiger partial charge on any atom is -0.216 e. The van der Waals surface area contributed by atoms with Gasteiger partial charge < -0.3 is 0 Å². The summed E-state index contributed by atoms with van der Waals surface area (Å²) in [5, 5.41) is 0. The van der Waals surface area contributed by atoms with E-state index >= 15 is 0 Å². The van der Waals surface area contributed by atoms with Gasteiger partial charge in [0.2, 0.25) is 0 Å². The third kappa shape index (κ3) is 6.89. The van der Waals surface area contributed by atoms with E-state index in [-0.39, 0.29) is 6.33 Å². The van der Waals surface area contributed by atoms with Gasteiger partial charge in [0.05, 0.1) is 6.33 Å². The highest BCUT2D eigenvalue weighted by Crippen LogP contribution is 1.79. The molecule has 0 fully saturated rings. The first-order valence-corrected chi connectivity index (χ1v) is 2.63. The summed E-state index contributed by atoms with van der Waals surface area (Å²) in [5.41, 5.74) is 0. The average Bonchev–Trinajstić information content (AvgIpc) is 1.93. The quantitative estimate of drug-likeness (QED) is 0.499. The fourth-order valence-electron chi connectivity index (χ4n) is 0.385. The minimum atomic E-state index is 0.250. The summed E-state index contributed by atoms with van der Waals surface area (Å²) in [5.74, 6) is 0. The van der Waals surface area contributed by atoms with Crippen molar-refractivity contribution in [3.63, 3.8) is 0 Å². The van der Waals surface area contributed by atoms with Crippen LogP contribution in [0.3, 0.4) is 0 Å². The van der Waals surface area contributed by atoms with Gasteiger partial charge in [0, 0.05) is 0 Å². The third-order valence-corrected chi connectivity index (χ3v) is 0.667. The van der Waals surface area contributed by atoms with Crippen molar-refractivity contribution in [2.45, 2.75) is 0 Å². The van der Waals surface area contributed by atoms with Crippen LogP contribution in [0, 0.1) is 0 Å². The molecule has 0 nitrogen and oxygen atoms in total. The second-order valence-corrected chi connectivity index (χ2v) is 1.31. The molecule has 0 aliphatic rings. The molecule has 1 rings (SSSR count). The maximum Gasteiger partial charge on any atom is 0.0795 e. The summed E-state index contributed by atoms with van der Waals surface area (Å²) in [6.07, 6.45) is 0.250. The van der Waals surface area contributed by atoms with Gasteiger partial charge in [-0.3, -0.25) is 0 Å². The summed E-state index contributed by atoms with van der Waals surface area (Å²) in [4.78, 5) is 0. The van der Waals surface area contributed by atoms with Crippen LogP contribution in [0.15, 0.2) is 49.3 Å². The Balaban J connectivity index is 0.000000187. The molecule has 0 radical (unpaired) electrons. The second kappa shape index (κ2) is 6.89. The molecule has 48 valence electrons. The third-order valence-electron chi connectivity index (χ3n) is 0.667. The lowest BCUT2D eigenvalue weighted by molar-refractivity contribution is 0.725. The fourth-order valence-corrected chi connectivity index (χ4v) is 0.385. The van der Waals surface area contributed by atoms with Crippen LogP contribution in [0.2, 0.25) is 0 Å². The van der Waals surface area contributed by atoms with Crippen LogP contribution in [0.4, 0.5) is 4.39 Å². The van der Waals surface area contributed by atoms with Crippen LogP contribution in [0.25, 0.3) is 0 Å². The molecule has 1 aromatic rings. The summed E-state index contributed by atoms with van der Waals surface area (Å²) in [6, 6.07) is 12.0. The van der Waals surface area contributed by atoms with E-state index in [4.69, 9.17) is 0 Å². The first-order valence-electron chi connectivity index (χ1n) is 2.63. The number of hydrogen-bond donors (Lipinski definition) is 0. The highest BCUT2D eigenvalue weighted by molar-refractivity contribution is 4.99. The van der Waals surface area contributed by atoms with Crippen LogP contribution < -0.4 is 0 Å². The number of rotatable bonds is 0. The summed E-state index contributed by atoms with van der Waals surface area (Å²) in [7, 11) is 0. The Kier molecular flexibility index (Phi) is 6.04. The van der Waals surface area contributed by atoms with Gasteiger partial charge in [-0.15, -0.1) is 0 Å². The molecule has 0 aromatic heterocycles. The summed E-state index contributed by atoms with van der Waals surface area (Å²) < 4.78 is 10.1. The van der Waals surface area contributed by atoms with Crippen LogP contribution >= 0.6 is 0 Å². The average molecular weight is 124 g/mol. The Morgan fingerprint density at radius 2 is 1.00 bits per heavy atom. The zero-order chi connectivity index (χ0) is 6.95. The predicted molar refractivity (Wildman–Crippen MR) is 37.7 cm³/mol. The molecule has 0 bridgehead atoms. The number of hydrogen-bond acceptors (Lipinski definition) is 0. The number of halogens is 1. The van der Waals surface area contributed by atoms with Crippen molar-refractivity contribution in [3.05, 3.63) is 49.3 Å². The predicted octanol–water partition coefficient (Wildman–Crippen LogP) is 2.79. The summed E-state index contributed by atoms with van der Waals surface area (Å²) >= 11 is 0. The second-order valence-electron chi connectivity index (χ2n) is 1.31. The van der Waals surface area contributed by atoms with Crippen molar-refractivity contribution in [1.29, 1.82) is 0 Å². The Hall–Kier alpha value is -1.11. The standard InChI is InChI=1S/C6H6.C2H3F/c1-2-4-6-5-3-1;1-2-3/h1-6H;2H,1H2. The van der Waals surface area contributed by atoms with Crippen LogP contribution in [0.1, 0.15) is 0 Å². The lowest BCUT2D eigenvalue weighted by Gasteiger charge is -1.69. The highest BCUT2D eigenvalue weighted by Gasteiger charge is 1.57. The van der Waals surface area contributed by atoms with Gasteiger partial charge >= 0.3 is 0 Å². The van der Waals surface area contributed by atoms with Crippen LogP contribution in [-0.2, 0) is 0 Å². The molecule has 0 aliphatic carbocycles. The van der Waals surface area contributed by atoms with Gasteiger partial charge in [0.1, 0.15) is 0 Å². The molecular weight excluding hydrogens is 115 g/mol. The van der Waals surface area contributed by atoms with Gasteiger partial charge in [0.15, 0.2) is 0 Å². The molecule has 0 heterocycles. The lowest BCUT2D eigenvalue weighted by atomic mass is 10.4. The zero-order valence-corrected chi connectivity index (χ0v) is 5.13.